The number of esters is 1. The molecule has 0 atom stereocenters. The molecule has 2 heterocycles. The lowest BCUT2D eigenvalue weighted by atomic mass is 9.95. The molecule has 340 valence electrons. The fraction of sp³-hybridized carbons (Fsp3) is 0.231. The van der Waals surface area contributed by atoms with E-state index in [0.717, 1.165) is 70.5 Å². The monoisotopic (exact) mass is 906 g/mol. The first-order valence-electron chi connectivity index (χ1n) is 21.2. The molecule has 0 spiro atoms. The predicted octanol–water partition coefficient (Wildman–Crippen LogP) is 13.4. The van der Waals surface area contributed by atoms with Crippen LogP contribution >= 0.6 is 0 Å². The van der Waals surface area contributed by atoms with Gasteiger partial charge in [-0.25, -0.2) is 9.59 Å². The molecule has 0 bridgehead atoms. The molecule has 0 fully saturated rings. The van der Waals surface area contributed by atoms with Gasteiger partial charge in [0.1, 0.15) is 24.7 Å². The van der Waals surface area contributed by atoms with Gasteiger partial charge in [-0.3, -0.25) is 9.97 Å². The second-order valence-corrected chi connectivity index (χ2v) is 15.5. The van der Waals surface area contributed by atoms with E-state index in [4.69, 9.17) is 14.2 Å². The van der Waals surface area contributed by atoms with Crippen LogP contribution in [0.15, 0.2) is 134 Å². The molecular weight excluding hydrogens is 863 g/mol. The number of carboxylic acids is 1. The summed E-state index contributed by atoms with van der Waals surface area (Å²) in [5.41, 5.74) is 5.93. The molecule has 8 rings (SSSR count). The van der Waals surface area contributed by atoms with Crippen molar-refractivity contribution in [3.63, 3.8) is 0 Å². The minimum Gasteiger partial charge on any atom is -0.488 e. The van der Waals surface area contributed by atoms with Crippen molar-refractivity contribution in [2.45, 2.75) is 71.0 Å². The molecule has 2 aliphatic rings. The first kappa shape index (κ1) is 46.8. The highest BCUT2D eigenvalue weighted by Crippen LogP contribution is 2.46. The number of alkyl halides is 6. The number of pyridine rings is 2. The molecule has 4 aromatic carbocycles. The van der Waals surface area contributed by atoms with E-state index >= 15 is 0 Å². The van der Waals surface area contributed by atoms with Crippen LogP contribution in [0, 0.1) is 0 Å². The summed E-state index contributed by atoms with van der Waals surface area (Å²) in [5, 5.41) is 9.28. The Labute approximate surface area is 377 Å². The molecule has 66 heavy (non-hydrogen) atoms. The van der Waals surface area contributed by atoms with Gasteiger partial charge in [0.25, 0.3) is 0 Å². The second-order valence-electron chi connectivity index (χ2n) is 15.5. The molecule has 0 radical (unpaired) electrons. The summed E-state index contributed by atoms with van der Waals surface area (Å²) in [5.74, 6) is -0.840. The lowest BCUT2D eigenvalue weighted by molar-refractivity contribution is -0.138. The molecule has 0 unspecified atom stereocenters. The van der Waals surface area contributed by atoms with Crippen LogP contribution in [0.3, 0.4) is 0 Å². The largest absolute Gasteiger partial charge is 0.488 e. The van der Waals surface area contributed by atoms with Gasteiger partial charge in [0.15, 0.2) is 0 Å². The lowest BCUT2D eigenvalue weighted by Crippen LogP contribution is -2.07. The van der Waals surface area contributed by atoms with E-state index in [0.29, 0.717) is 65.0 Å². The zero-order valence-electron chi connectivity index (χ0n) is 35.7. The minimum atomic E-state index is -4.49. The third-order valence-corrected chi connectivity index (χ3v) is 11.1. The molecule has 8 nitrogen and oxygen atoms in total. The SMILES string of the molecule is CCOC(=O)c1cncc(C2=C(c3cc(C(F)(F)F)ccc3OCc3ccccc3)CCC2)c1.O=C(O)c1cncc(C2=C(c3cc(C(F)(F)F)ccc3OCc3ccccc3)CCC2)c1. The van der Waals surface area contributed by atoms with Crippen LogP contribution in [0.5, 0.6) is 11.5 Å². The number of benzene rings is 4. The quantitative estimate of drug-likeness (QED) is 0.0902. The van der Waals surface area contributed by atoms with E-state index < -0.39 is 35.4 Å². The Morgan fingerprint density at radius 1 is 0.561 bits per heavy atom. The van der Waals surface area contributed by atoms with Gasteiger partial charge >= 0.3 is 24.3 Å². The van der Waals surface area contributed by atoms with Crippen molar-refractivity contribution in [1.82, 2.24) is 9.97 Å². The standard InChI is InChI=1S/C27H24F3NO3.C25H20F3NO3/c1-2-33-26(32)20-13-19(15-31-16-20)22-9-6-10-23(22)24-14-21(27(28,29)30)11-12-25(24)34-17-18-7-4-3-5-8-18;26-25(27,28)19-9-10-23(32-15-16-5-2-1-3-6-16)22(12-19)21-8-4-7-20(21)17-11-18(24(30)31)14-29-13-17/h3-5,7-8,11-16H,2,6,9-10,17H2,1H3;1-3,5-6,9-14H,4,7-8,15H2,(H,30,31). The number of nitrogens with zero attached hydrogens (tertiary/aromatic N) is 2. The van der Waals surface area contributed by atoms with Crippen molar-refractivity contribution >= 4 is 34.2 Å². The van der Waals surface area contributed by atoms with Gasteiger partial charge in [0.2, 0.25) is 0 Å². The molecule has 0 amide bonds. The Kier molecular flexibility index (Phi) is 14.7. The first-order valence-corrected chi connectivity index (χ1v) is 21.2. The zero-order chi connectivity index (χ0) is 46.8. The van der Waals surface area contributed by atoms with Gasteiger partial charge < -0.3 is 19.3 Å². The molecule has 0 saturated carbocycles. The molecule has 6 aromatic rings. The van der Waals surface area contributed by atoms with Gasteiger partial charge in [-0.1, -0.05) is 60.7 Å². The first-order chi connectivity index (χ1) is 31.7. The Morgan fingerprint density at radius 3 is 1.41 bits per heavy atom. The Bertz CT molecular complexity index is 2750. The number of carbonyl (C=O) groups is 2. The lowest BCUT2D eigenvalue weighted by Gasteiger charge is -2.17. The van der Waals surface area contributed by atoms with Crippen molar-refractivity contribution in [3.8, 4) is 11.5 Å². The van der Waals surface area contributed by atoms with Gasteiger partial charge in [-0.2, -0.15) is 26.3 Å². The molecule has 0 aliphatic heterocycles. The van der Waals surface area contributed by atoms with E-state index in [2.05, 4.69) is 9.97 Å². The zero-order valence-corrected chi connectivity index (χ0v) is 35.7. The summed E-state index contributed by atoms with van der Waals surface area (Å²) < 4.78 is 98.1. The van der Waals surface area contributed by atoms with Crippen LogP contribution in [0.2, 0.25) is 0 Å². The van der Waals surface area contributed by atoms with Gasteiger partial charge in [-0.15, -0.1) is 0 Å². The van der Waals surface area contributed by atoms with Crippen molar-refractivity contribution in [2.75, 3.05) is 6.61 Å². The van der Waals surface area contributed by atoms with Crippen LogP contribution in [-0.2, 0) is 30.3 Å². The Hall–Kier alpha value is -7.22. The molecule has 2 aromatic heterocycles. The number of carbonyl (C=O) groups excluding carboxylic acids is 1. The van der Waals surface area contributed by atoms with E-state index in [9.17, 15) is 41.0 Å². The summed E-state index contributed by atoms with van der Waals surface area (Å²) in [6.07, 6.45) is 0.860. The normalized spacial score (nSPS) is 13.9. The van der Waals surface area contributed by atoms with Crippen LogP contribution < -0.4 is 9.47 Å². The van der Waals surface area contributed by atoms with Gasteiger partial charge in [0.05, 0.1) is 28.9 Å². The van der Waals surface area contributed by atoms with E-state index in [1.165, 1.54) is 30.6 Å². The highest BCUT2D eigenvalue weighted by atomic mass is 19.4. The van der Waals surface area contributed by atoms with Gasteiger partial charge in [0, 0.05) is 35.9 Å². The number of hydrogen-bond acceptors (Lipinski definition) is 7. The number of ether oxygens (including phenoxy) is 3. The second kappa shape index (κ2) is 20.7. The van der Waals surface area contributed by atoms with Crippen LogP contribution in [0.25, 0.3) is 22.3 Å². The van der Waals surface area contributed by atoms with Crippen molar-refractivity contribution < 1.29 is 55.2 Å². The summed E-state index contributed by atoms with van der Waals surface area (Å²) in [7, 11) is 0. The molecule has 2 aliphatic carbocycles. The summed E-state index contributed by atoms with van der Waals surface area (Å²) in [4.78, 5) is 31.7. The number of carboxylic acid groups (broad SMARTS) is 1. The summed E-state index contributed by atoms with van der Waals surface area (Å²) in [6, 6.07) is 29.1. The third kappa shape index (κ3) is 11.5. The van der Waals surface area contributed by atoms with Crippen molar-refractivity contribution in [2.24, 2.45) is 0 Å². The highest BCUT2D eigenvalue weighted by molar-refractivity contribution is 5.97. The average Bonchev–Trinajstić information content (AvgIpc) is 4.02. The van der Waals surface area contributed by atoms with E-state index in [-0.39, 0.29) is 25.4 Å². The smallest absolute Gasteiger partial charge is 0.416 e. The molecule has 0 saturated heterocycles. The van der Waals surface area contributed by atoms with Crippen LogP contribution in [-0.4, -0.2) is 33.6 Å². The number of aromatic nitrogens is 2. The summed E-state index contributed by atoms with van der Waals surface area (Å²) in [6.45, 7) is 2.42. The number of rotatable bonds is 13. The number of aromatic carboxylic acids is 1. The fourth-order valence-electron chi connectivity index (χ4n) is 7.98. The molecule has 1 N–H and O–H groups in total. The fourth-order valence-corrected chi connectivity index (χ4v) is 7.98. The highest BCUT2D eigenvalue weighted by Gasteiger charge is 2.34. The number of halogens is 6. The molecule has 14 heteroatoms. The number of allylic oxidation sites excluding steroid dienone is 4. The molecular formula is C52H44F6N2O6. The minimum absolute atomic E-state index is 0.0332. The third-order valence-electron chi connectivity index (χ3n) is 11.1. The Balaban J connectivity index is 0.000000197. The van der Waals surface area contributed by atoms with Crippen molar-refractivity contribution in [1.29, 1.82) is 0 Å². The number of hydrogen-bond donors (Lipinski definition) is 1. The topological polar surface area (TPSA) is 108 Å². The van der Waals surface area contributed by atoms with Crippen LogP contribution in [0.4, 0.5) is 26.3 Å². The Morgan fingerprint density at radius 2 is 0.985 bits per heavy atom. The van der Waals surface area contributed by atoms with Gasteiger partial charge in [-0.05, 0) is 139 Å². The van der Waals surface area contributed by atoms with Crippen molar-refractivity contribution in [3.05, 3.63) is 190 Å². The van der Waals surface area contributed by atoms with E-state index in [1.54, 1.807) is 25.4 Å². The average molecular weight is 907 g/mol. The van der Waals surface area contributed by atoms with Crippen LogP contribution in [0.1, 0.15) is 111 Å². The summed E-state index contributed by atoms with van der Waals surface area (Å²) >= 11 is 0. The maximum atomic E-state index is 13.6. The predicted molar refractivity (Wildman–Crippen MR) is 237 cm³/mol. The van der Waals surface area contributed by atoms with E-state index in [1.807, 2.05) is 60.7 Å². The maximum absolute atomic E-state index is 13.6. The maximum Gasteiger partial charge on any atom is 0.416 e.